The number of halogens is 2. The van der Waals surface area contributed by atoms with E-state index in [4.69, 9.17) is 34.0 Å². The lowest BCUT2D eigenvalue weighted by Crippen LogP contribution is -2.31. The van der Waals surface area contributed by atoms with Crippen molar-refractivity contribution >= 4 is 23.2 Å². The fraction of sp³-hybridized carbons (Fsp3) is 0.333. The van der Waals surface area contributed by atoms with Crippen LogP contribution in [0.1, 0.15) is 6.42 Å². The molecule has 1 aliphatic carbocycles. The highest BCUT2D eigenvalue weighted by Crippen LogP contribution is 2.27. The van der Waals surface area contributed by atoms with Gasteiger partial charge in [-0.2, -0.15) is 0 Å². The van der Waals surface area contributed by atoms with Crippen molar-refractivity contribution in [3.05, 3.63) is 22.9 Å². The Hall–Kier alpha value is -0.180. The lowest BCUT2D eigenvalue weighted by molar-refractivity contribution is 0.417. The smallest absolute Gasteiger partial charge is 0.132 e. The topological polar surface area (TPSA) is 46.2 Å². The Balaban J connectivity index is 2.87. The highest BCUT2D eigenvalue weighted by Gasteiger charge is 2.22. The van der Waals surface area contributed by atoms with Crippen LogP contribution in [0.2, 0.25) is 0 Å². The molecule has 2 nitrogen and oxygen atoms in total. The monoisotopic (exact) mass is 179 g/mol. The van der Waals surface area contributed by atoms with Crippen LogP contribution in [0.4, 0.5) is 0 Å². The molecule has 1 rings (SSSR count). The van der Waals surface area contributed by atoms with Crippen LogP contribution in [0, 0.1) is 0 Å². The van der Waals surface area contributed by atoms with E-state index in [9.17, 15) is 0 Å². The number of allylic oxidation sites excluding steroid dienone is 1. The minimum absolute atomic E-state index is 0.0505. The zero-order chi connectivity index (χ0) is 7.78. The van der Waals surface area contributed by atoms with E-state index in [-0.39, 0.29) is 5.76 Å². The van der Waals surface area contributed by atoms with Crippen LogP contribution in [-0.2, 0) is 0 Å². The lowest BCUT2D eigenvalue weighted by Gasteiger charge is -2.19. The molecule has 0 aromatic heterocycles. The summed E-state index contributed by atoms with van der Waals surface area (Å²) in [5, 5.41) is 9.32. The SMILES string of the molecule is NC1(Cl)C=C(O)C(Cl)=CC1. The van der Waals surface area contributed by atoms with Crippen LogP contribution in [0.25, 0.3) is 0 Å². The van der Waals surface area contributed by atoms with Crippen LogP contribution in [-0.4, -0.2) is 10.1 Å². The lowest BCUT2D eigenvalue weighted by atomic mass is 10.1. The van der Waals surface area contributed by atoms with Crippen LogP contribution >= 0.6 is 23.2 Å². The zero-order valence-corrected chi connectivity index (χ0v) is 6.65. The van der Waals surface area contributed by atoms with Gasteiger partial charge in [-0.1, -0.05) is 29.3 Å². The largest absolute Gasteiger partial charge is 0.507 e. The maximum absolute atomic E-state index is 9.01. The molecule has 0 radical (unpaired) electrons. The van der Waals surface area contributed by atoms with Crippen molar-refractivity contribution in [3.63, 3.8) is 0 Å². The minimum atomic E-state index is -0.970. The van der Waals surface area contributed by atoms with Gasteiger partial charge < -0.3 is 10.8 Å². The Morgan fingerprint density at radius 1 is 1.70 bits per heavy atom. The van der Waals surface area contributed by atoms with Crippen molar-refractivity contribution < 1.29 is 5.11 Å². The molecule has 0 spiro atoms. The van der Waals surface area contributed by atoms with Gasteiger partial charge in [-0.25, -0.2) is 0 Å². The summed E-state index contributed by atoms with van der Waals surface area (Å²) in [6.45, 7) is 0. The Morgan fingerprint density at radius 2 is 2.30 bits per heavy atom. The molecule has 0 saturated heterocycles. The molecular formula is C6H7Cl2NO. The molecule has 10 heavy (non-hydrogen) atoms. The highest BCUT2D eigenvalue weighted by molar-refractivity contribution is 6.32. The maximum atomic E-state index is 9.01. The second kappa shape index (κ2) is 2.46. The van der Waals surface area contributed by atoms with Crippen LogP contribution in [0.3, 0.4) is 0 Å². The van der Waals surface area contributed by atoms with Crippen molar-refractivity contribution in [3.8, 4) is 0 Å². The number of hydrogen-bond donors (Lipinski definition) is 2. The van der Waals surface area contributed by atoms with Gasteiger partial charge in [0, 0.05) is 6.42 Å². The highest BCUT2D eigenvalue weighted by atomic mass is 35.5. The minimum Gasteiger partial charge on any atom is -0.507 e. The first-order valence-corrected chi connectivity index (χ1v) is 3.52. The number of aliphatic hydroxyl groups excluding tert-OH is 1. The quantitative estimate of drug-likeness (QED) is 0.441. The third-order valence-corrected chi connectivity index (χ3v) is 1.83. The van der Waals surface area contributed by atoms with E-state index in [1.54, 1.807) is 6.08 Å². The van der Waals surface area contributed by atoms with Gasteiger partial charge in [0.2, 0.25) is 0 Å². The van der Waals surface area contributed by atoms with Gasteiger partial charge in [-0.15, -0.1) is 0 Å². The summed E-state index contributed by atoms with van der Waals surface area (Å²) in [4.78, 5) is -0.970. The summed E-state index contributed by atoms with van der Waals surface area (Å²) >= 11 is 11.2. The molecule has 1 aliphatic rings. The molecule has 0 bridgehead atoms. The molecule has 0 heterocycles. The summed E-state index contributed by atoms with van der Waals surface area (Å²) in [5.41, 5.74) is 5.46. The van der Waals surface area contributed by atoms with Crippen LogP contribution in [0.5, 0.6) is 0 Å². The Kier molecular flexibility index (Phi) is 1.95. The Bertz CT molecular complexity index is 208. The molecule has 0 saturated carbocycles. The molecule has 3 N–H and O–H groups in total. The molecule has 56 valence electrons. The second-order valence-electron chi connectivity index (χ2n) is 2.21. The number of hydrogen-bond acceptors (Lipinski definition) is 2. The number of rotatable bonds is 0. The molecule has 4 heteroatoms. The van der Waals surface area contributed by atoms with Crippen molar-refractivity contribution in [2.45, 2.75) is 11.4 Å². The molecule has 0 aromatic rings. The maximum Gasteiger partial charge on any atom is 0.132 e. The van der Waals surface area contributed by atoms with E-state index in [1.165, 1.54) is 6.08 Å². The van der Waals surface area contributed by atoms with Gasteiger partial charge in [-0.05, 0) is 6.08 Å². The van der Waals surface area contributed by atoms with Gasteiger partial charge >= 0.3 is 0 Å². The predicted molar refractivity (Wildman–Crippen MR) is 42.0 cm³/mol. The molecular weight excluding hydrogens is 173 g/mol. The standard InChI is InChI=1S/C6H7Cl2NO/c7-4-1-2-6(8,9)3-5(4)10/h1,3,10H,2,9H2. The predicted octanol–water partition coefficient (Wildman–Crippen LogP) is 1.85. The number of nitrogens with two attached hydrogens (primary N) is 1. The van der Waals surface area contributed by atoms with E-state index in [0.29, 0.717) is 11.5 Å². The first-order chi connectivity index (χ1) is 4.51. The molecule has 0 aromatic carbocycles. The van der Waals surface area contributed by atoms with E-state index >= 15 is 0 Å². The van der Waals surface area contributed by atoms with Crippen molar-refractivity contribution in [1.29, 1.82) is 0 Å². The summed E-state index contributed by atoms with van der Waals surface area (Å²) < 4.78 is 0. The first-order valence-electron chi connectivity index (χ1n) is 2.77. The van der Waals surface area contributed by atoms with Crippen LogP contribution < -0.4 is 5.73 Å². The summed E-state index contributed by atoms with van der Waals surface area (Å²) in [6, 6.07) is 0. The van der Waals surface area contributed by atoms with Crippen LogP contribution in [0.15, 0.2) is 22.9 Å². The Labute approximate surface area is 68.9 Å². The normalized spacial score (nSPS) is 33.1. The average Bonchev–Trinajstić information content (AvgIpc) is 1.79. The average molecular weight is 180 g/mol. The van der Waals surface area contributed by atoms with E-state index in [0.717, 1.165) is 0 Å². The van der Waals surface area contributed by atoms with Gasteiger partial charge in [0.05, 0.1) is 5.03 Å². The number of alkyl halides is 1. The summed E-state index contributed by atoms with van der Waals surface area (Å²) in [6.07, 6.45) is 3.36. The van der Waals surface area contributed by atoms with Crippen molar-refractivity contribution in [1.82, 2.24) is 0 Å². The van der Waals surface area contributed by atoms with Gasteiger partial charge in [-0.3, -0.25) is 0 Å². The summed E-state index contributed by atoms with van der Waals surface area (Å²) in [5.74, 6) is -0.0505. The molecule has 0 fully saturated rings. The Morgan fingerprint density at radius 3 is 2.70 bits per heavy atom. The first kappa shape index (κ1) is 7.92. The number of aliphatic hydroxyl groups is 1. The molecule has 0 aliphatic heterocycles. The fourth-order valence-corrected chi connectivity index (χ4v) is 1.02. The van der Waals surface area contributed by atoms with Gasteiger partial charge in [0.1, 0.15) is 10.8 Å². The zero-order valence-electron chi connectivity index (χ0n) is 5.14. The van der Waals surface area contributed by atoms with Crippen molar-refractivity contribution in [2.75, 3.05) is 0 Å². The van der Waals surface area contributed by atoms with E-state index in [2.05, 4.69) is 0 Å². The molecule has 1 atom stereocenters. The molecule has 0 amide bonds. The molecule has 1 unspecified atom stereocenters. The van der Waals surface area contributed by atoms with Gasteiger partial charge in [0.25, 0.3) is 0 Å². The van der Waals surface area contributed by atoms with Crippen molar-refractivity contribution in [2.24, 2.45) is 5.73 Å². The second-order valence-corrected chi connectivity index (χ2v) is 3.32. The van der Waals surface area contributed by atoms with E-state index < -0.39 is 5.00 Å². The summed E-state index contributed by atoms with van der Waals surface area (Å²) in [7, 11) is 0. The third-order valence-electron chi connectivity index (χ3n) is 1.22. The third kappa shape index (κ3) is 1.66. The van der Waals surface area contributed by atoms with Gasteiger partial charge in [0.15, 0.2) is 0 Å². The van der Waals surface area contributed by atoms with E-state index in [1.807, 2.05) is 0 Å². The fourth-order valence-electron chi connectivity index (χ4n) is 0.706.